The molecule has 0 saturated carbocycles. The molecule has 2 amide bonds. The first-order chi connectivity index (χ1) is 8.59. The second kappa shape index (κ2) is 3.43. The van der Waals surface area contributed by atoms with E-state index >= 15 is 0 Å². The van der Waals surface area contributed by atoms with E-state index in [-0.39, 0.29) is 0 Å². The lowest BCUT2D eigenvalue weighted by Gasteiger charge is -2.13. The van der Waals surface area contributed by atoms with Crippen molar-refractivity contribution in [3.8, 4) is 0 Å². The molecule has 3 aromatic rings. The van der Waals surface area contributed by atoms with Gasteiger partial charge < -0.3 is 11.5 Å². The standard InChI is InChI=1S/C14H10N2O2/c15-13(17)10-5-4-9-7-2-1-3-8(6-7)11(10)12(9)14(16)18/h1-6H,(H2,15,17)(H2,16,18). The minimum absolute atomic E-state index is 0.324. The van der Waals surface area contributed by atoms with Crippen LogP contribution in [-0.2, 0) is 0 Å². The first kappa shape index (κ1) is 10.5. The molecule has 0 saturated heterocycles. The molecule has 0 aromatic heterocycles. The Bertz CT molecular complexity index is 793. The molecule has 0 spiro atoms. The number of benzene rings is 3. The minimum atomic E-state index is -0.564. The predicted molar refractivity (Wildman–Crippen MR) is 69.7 cm³/mol. The SMILES string of the molecule is NC(=O)c1ccc2c(C(N)=O)c1c1cccc2c1. The summed E-state index contributed by atoms with van der Waals surface area (Å²) in [5.41, 5.74) is 11.5. The van der Waals surface area contributed by atoms with Crippen LogP contribution in [-0.4, -0.2) is 11.8 Å². The average Bonchev–Trinajstić information content (AvgIpc) is 2.35. The fourth-order valence-corrected chi connectivity index (χ4v) is 2.45. The van der Waals surface area contributed by atoms with Crippen molar-refractivity contribution in [2.45, 2.75) is 0 Å². The number of fused-ring (bicyclic) bond motifs is 6. The Morgan fingerprint density at radius 3 is 2.28 bits per heavy atom. The summed E-state index contributed by atoms with van der Waals surface area (Å²) in [6.07, 6.45) is 0. The van der Waals surface area contributed by atoms with Crippen LogP contribution in [0.1, 0.15) is 20.7 Å². The lowest BCUT2D eigenvalue weighted by Crippen LogP contribution is -2.17. The smallest absolute Gasteiger partial charge is 0.249 e. The zero-order valence-corrected chi connectivity index (χ0v) is 9.44. The zero-order chi connectivity index (χ0) is 12.9. The molecule has 88 valence electrons. The Labute approximate surface area is 103 Å². The third kappa shape index (κ3) is 1.26. The van der Waals surface area contributed by atoms with Gasteiger partial charge in [-0.05, 0) is 28.3 Å². The van der Waals surface area contributed by atoms with Crippen LogP contribution in [0.15, 0.2) is 36.4 Å². The fraction of sp³-hybridized carbons (Fsp3) is 0. The van der Waals surface area contributed by atoms with E-state index in [1.807, 2.05) is 24.3 Å². The third-order valence-corrected chi connectivity index (χ3v) is 3.18. The first-order valence-electron chi connectivity index (χ1n) is 5.47. The largest absolute Gasteiger partial charge is 0.366 e. The molecule has 18 heavy (non-hydrogen) atoms. The summed E-state index contributed by atoms with van der Waals surface area (Å²) >= 11 is 0. The van der Waals surface area contributed by atoms with Crippen LogP contribution in [0.2, 0.25) is 0 Å². The monoisotopic (exact) mass is 238 g/mol. The Morgan fingerprint density at radius 2 is 1.61 bits per heavy atom. The molecule has 0 fully saturated rings. The van der Waals surface area contributed by atoms with E-state index in [1.54, 1.807) is 12.1 Å². The number of carbonyl (C=O) groups excluding carboxylic acids is 2. The molecule has 0 radical (unpaired) electrons. The van der Waals surface area contributed by atoms with E-state index in [2.05, 4.69) is 0 Å². The number of rotatable bonds is 2. The Balaban J connectivity index is 2.64. The van der Waals surface area contributed by atoms with Gasteiger partial charge >= 0.3 is 0 Å². The van der Waals surface area contributed by atoms with E-state index in [1.165, 1.54) is 0 Å². The van der Waals surface area contributed by atoms with Crippen molar-refractivity contribution in [2.75, 3.05) is 0 Å². The van der Waals surface area contributed by atoms with E-state index in [0.29, 0.717) is 16.5 Å². The summed E-state index contributed by atoms with van der Waals surface area (Å²) in [5, 5.41) is 3.00. The van der Waals surface area contributed by atoms with Crippen LogP contribution >= 0.6 is 0 Å². The van der Waals surface area contributed by atoms with Crippen molar-refractivity contribution in [2.24, 2.45) is 11.5 Å². The predicted octanol–water partition coefficient (Wildman–Crippen LogP) is 1.63. The normalized spacial score (nSPS) is 11.1. The van der Waals surface area contributed by atoms with Gasteiger partial charge in [-0.15, -0.1) is 0 Å². The molecular weight excluding hydrogens is 228 g/mol. The topological polar surface area (TPSA) is 86.2 Å². The summed E-state index contributed by atoms with van der Waals surface area (Å²) in [4.78, 5) is 23.1. The quantitative estimate of drug-likeness (QED) is 0.710. The molecule has 4 N–H and O–H groups in total. The average molecular weight is 238 g/mol. The van der Waals surface area contributed by atoms with Gasteiger partial charge in [0.1, 0.15) is 0 Å². The van der Waals surface area contributed by atoms with Crippen LogP contribution in [0, 0.1) is 0 Å². The highest BCUT2D eigenvalue weighted by molar-refractivity contribution is 6.23. The van der Waals surface area contributed by atoms with Crippen LogP contribution in [0.4, 0.5) is 0 Å². The van der Waals surface area contributed by atoms with E-state index in [9.17, 15) is 9.59 Å². The Hall–Kier alpha value is -2.62. The zero-order valence-electron chi connectivity index (χ0n) is 9.44. The van der Waals surface area contributed by atoms with Gasteiger partial charge in [0.25, 0.3) is 0 Å². The van der Waals surface area contributed by atoms with Gasteiger partial charge in [0.05, 0.1) is 5.56 Å². The van der Waals surface area contributed by atoms with Gasteiger partial charge in [0.15, 0.2) is 0 Å². The fourth-order valence-electron chi connectivity index (χ4n) is 2.45. The number of hydrogen-bond acceptors (Lipinski definition) is 2. The summed E-state index contributed by atoms with van der Waals surface area (Å²) < 4.78 is 0. The summed E-state index contributed by atoms with van der Waals surface area (Å²) in [7, 11) is 0. The van der Waals surface area contributed by atoms with Gasteiger partial charge in [0, 0.05) is 10.9 Å². The van der Waals surface area contributed by atoms with Crippen molar-refractivity contribution in [3.63, 3.8) is 0 Å². The van der Waals surface area contributed by atoms with Crippen molar-refractivity contribution < 1.29 is 9.59 Å². The highest BCUT2D eigenvalue weighted by atomic mass is 16.1. The number of amides is 2. The second-order valence-corrected chi connectivity index (χ2v) is 4.22. The van der Waals surface area contributed by atoms with Crippen LogP contribution < -0.4 is 11.5 Å². The molecule has 0 heterocycles. The molecular formula is C14H10N2O2. The van der Waals surface area contributed by atoms with Crippen molar-refractivity contribution in [1.29, 1.82) is 0 Å². The van der Waals surface area contributed by atoms with Crippen LogP contribution in [0.25, 0.3) is 21.5 Å². The van der Waals surface area contributed by atoms with Gasteiger partial charge in [-0.2, -0.15) is 0 Å². The van der Waals surface area contributed by atoms with E-state index < -0.39 is 11.8 Å². The summed E-state index contributed by atoms with van der Waals surface area (Å²) in [6.45, 7) is 0. The molecule has 0 aliphatic heterocycles. The van der Waals surface area contributed by atoms with Crippen molar-refractivity contribution in [1.82, 2.24) is 0 Å². The third-order valence-electron chi connectivity index (χ3n) is 3.18. The molecule has 4 heteroatoms. The summed E-state index contributed by atoms with van der Waals surface area (Å²) in [6, 6.07) is 10.9. The first-order valence-corrected chi connectivity index (χ1v) is 5.47. The highest BCUT2D eigenvalue weighted by Crippen LogP contribution is 2.32. The molecule has 4 nitrogen and oxygen atoms in total. The van der Waals surface area contributed by atoms with Crippen LogP contribution in [0.3, 0.4) is 0 Å². The van der Waals surface area contributed by atoms with E-state index in [4.69, 9.17) is 11.5 Å². The number of nitrogens with two attached hydrogens (primary N) is 2. The second-order valence-electron chi connectivity index (χ2n) is 4.22. The van der Waals surface area contributed by atoms with Crippen molar-refractivity contribution >= 4 is 33.4 Å². The Morgan fingerprint density at radius 1 is 0.889 bits per heavy atom. The molecule has 0 aliphatic carbocycles. The number of primary amides is 2. The maximum absolute atomic E-state index is 11.6. The minimum Gasteiger partial charge on any atom is -0.366 e. The number of carbonyl (C=O) groups is 2. The van der Waals surface area contributed by atoms with Crippen molar-refractivity contribution in [3.05, 3.63) is 47.5 Å². The lowest BCUT2D eigenvalue weighted by atomic mass is 9.91. The summed E-state index contributed by atoms with van der Waals surface area (Å²) in [5.74, 6) is -1.11. The maximum Gasteiger partial charge on any atom is 0.249 e. The molecule has 3 aromatic carbocycles. The molecule has 0 atom stereocenters. The highest BCUT2D eigenvalue weighted by Gasteiger charge is 2.18. The molecule has 0 unspecified atom stereocenters. The van der Waals surface area contributed by atoms with Gasteiger partial charge in [-0.1, -0.05) is 24.3 Å². The van der Waals surface area contributed by atoms with Gasteiger partial charge in [-0.3, -0.25) is 9.59 Å². The molecule has 0 aliphatic rings. The molecule has 4 bridgehead atoms. The van der Waals surface area contributed by atoms with Crippen LogP contribution in [0.5, 0.6) is 0 Å². The Kier molecular flexibility index (Phi) is 2.01. The molecule has 3 rings (SSSR count). The van der Waals surface area contributed by atoms with E-state index in [0.717, 1.165) is 16.2 Å². The lowest BCUT2D eigenvalue weighted by molar-refractivity contribution is 0.0999. The maximum atomic E-state index is 11.6. The van der Waals surface area contributed by atoms with Gasteiger partial charge in [-0.25, -0.2) is 0 Å². The number of hydrogen-bond donors (Lipinski definition) is 2. The van der Waals surface area contributed by atoms with Gasteiger partial charge in [0.2, 0.25) is 11.8 Å².